The van der Waals surface area contributed by atoms with Gasteiger partial charge in [0.15, 0.2) is 23.0 Å². The highest BCUT2D eigenvalue weighted by atomic mass is 16.5. The predicted octanol–water partition coefficient (Wildman–Crippen LogP) is 6.30. The number of unbranched alkanes of at least 4 members (excludes halogenated alkanes) is 2. The third kappa shape index (κ3) is 4.96. The number of benzene rings is 1. The van der Waals surface area contributed by atoms with Crippen molar-refractivity contribution < 1.29 is 20.1 Å². The van der Waals surface area contributed by atoms with Gasteiger partial charge in [0, 0.05) is 11.5 Å². The first-order valence-corrected chi connectivity index (χ1v) is 9.75. The molecule has 0 radical (unpaired) electrons. The fourth-order valence-corrected chi connectivity index (χ4v) is 3.43. The highest BCUT2D eigenvalue weighted by molar-refractivity contribution is 5.67. The molecule has 3 N–H and O–H groups in total. The Hall–Kier alpha value is -2.10. The highest BCUT2D eigenvalue weighted by Gasteiger charge is 2.29. The largest absolute Gasteiger partial charge is 0.504 e. The molecule has 1 aliphatic carbocycles. The number of allylic oxidation sites excluding steroid dienone is 2. The van der Waals surface area contributed by atoms with Gasteiger partial charge in [-0.25, -0.2) is 0 Å². The van der Waals surface area contributed by atoms with E-state index in [0.29, 0.717) is 17.5 Å². The van der Waals surface area contributed by atoms with Crippen LogP contribution >= 0.6 is 0 Å². The van der Waals surface area contributed by atoms with Crippen LogP contribution in [-0.2, 0) is 6.42 Å². The maximum atomic E-state index is 10.6. The quantitative estimate of drug-likeness (QED) is 0.175. The first-order valence-electron chi connectivity index (χ1n) is 9.75. The third-order valence-corrected chi connectivity index (χ3v) is 4.69. The summed E-state index contributed by atoms with van der Waals surface area (Å²) in [5.74, 6) is -0.385. The van der Waals surface area contributed by atoms with Gasteiger partial charge in [-0.05, 0) is 39.0 Å². The predicted molar refractivity (Wildman–Crippen MR) is 107 cm³/mol. The van der Waals surface area contributed by atoms with Gasteiger partial charge in [0.25, 0.3) is 0 Å². The Morgan fingerprint density at radius 1 is 1.15 bits per heavy atom. The molecule has 0 spiro atoms. The van der Waals surface area contributed by atoms with E-state index < -0.39 is 0 Å². The van der Waals surface area contributed by atoms with Crippen molar-refractivity contribution in [1.29, 1.82) is 0 Å². The molecule has 1 aliphatic rings. The first kappa shape index (κ1) is 21.9. The molecule has 0 heterocycles. The molecule has 1 atom stereocenters. The molecule has 2 rings (SSSR count). The van der Waals surface area contributed by atoms with Crippen LogP contribution < -0.4 is 4.74 Å². The van der Waals surface area contributed by atoms with E-state index in [4.69, 9.17) is 4.74 Å². The summed E-state index contributed by atoms with van der Waals surface area (Å²) in [6.45, 7) is 11.7. The summed E-state index contributed by atoms with van der Waals surface area (Å²) < 4.78 is 5.45. The summed E-state index contributed by atoms with van der Waals surface area (Å²) in [7, 11) is 0. The number of ether oxygens (including phenoxy) is 1. The molecule has 0 saturated heterocycles. The number of phenols is 3. The molecule has 1 aromatic carbocycles. The fourth-order valence-electron chi connectivity index (χ4n) is 3.43. The van der Waals surface area contributed by atoms with Crippen LogP contribution in [0.2, 0.25) is 0 Å². The maximum Gasteiger partial charge on any atom is 0.176 e. The van der Waals surface area contributed by atoms with Crippen LogP contribution in [0.15, 0.2) is 24.5 Å². The number of hydrogen-bond donors (Lipinski definition) is 3. The van der Waals surface area contributed by atoms with Crippen LogP contribution in [0.3, 0.4) is 0 Å². The summed E-state index contributed by atoms with van der Waals surface area (Å²) in [6, 6.07) is 0. The SMILES string of the molecule is C=COc1c(O)c(CCCCC)c(O)c(O)c1C1C=C(C)CCC1.CC. The van der Waals surface area contributed by atoms with E-state index in [-0.39, 0.29) is 28.9 Å². The van der Waals surface area contributed by atoms with Gasteiger partial charge in [-0.1, -0.05) is 51.8 Å². The normalized spacial score (nSPS) is 16.3. The molecule has 26 heavy (non-hydrogen) atoms. The maximum absolute atomic E-state index is 10.6. The summed E-state index contributed by atoms with van der Waals surface area (Å²) in [4.78, 5) is 0. The Morgan fingerprint density at radius 3 is 2.42 bits per heavy atom. The van der Waals surface area contributed by atoms with Crippen molar-refractivity contribution >= 4 is 0 Å². The molecule has 0 saturated carbocycles. The van der Waals surface area contributed by atoms with Crippen molar-refractivity contribution in [2.24, 2.45) is 0 Å². The monoisotopic (exact) mass is 362 g/mol. The molecule has 0 bridgehead atoms. The van der Waals surface area contributed by atoms with Gasteiger partial charge in [-0.15, -0.1) is 0 Å². The minimum atomic E-state index is -0.230. The van der Waals surface area contributed by atoms with Crippen LogP contribution in [0.25, 0.3) is 0 Å². The number of rotatable bonds is 7. The van der Waals surface area contributed by atoms with Gasteiger partial charge in [-0.3, -0.25) is 0 Å². The van der Waals surface area contributed by atoms with Crippen molar-refractivity contribution in [2.45, 2.75) is 78.6 Å². The standard InChI is InChI=1S/C20H28O4.C2H6/c1-4-6-7-11-15-17(21)19(23)16(20(18(15)22)24-5-2)14-10-8-9-13(3)12-14;1-2/h5,12,14,21-23H,2,4,6-11H2,1,3H3;1-2H3. The second-order valence-corrected chi connectivity index (χ2v) is 6.52. The van der Waals surface area contributed by atoms with E-state index in [1.165, 1.54) is 11.8 Å². The van der Waals surface area contributed by atoms with Gasteiger partial charge >= 0.3 is 0 Å². The lowest BCUT2D eigenvalue weighted by atomic mass is 9.84. The van der Waals surface area contributed by atoms with E-state index in [9.17, 15) is 15.3 Å². The van der Waals surface area contributed by atoms with Crippen LogP contribution in [0.5, 0.6) is 23.0 Å². The minimum Gasteiger partial charge on any atom is -0.504 e. The summed E-state index contributed by atoms with van der Waals surface area (Å²) in [6.07, 6.45) is 9.53. The Labute approximate surface area is 157 Å². The molecule has 1 aromatic rings. The lowest BCUT2D eigenvalue weighted by Crippen LogP contribution is -2.06. The highest BCUT2D eigenvalue weighted by Crippen LogP contribution is 2.52. The Morgan fingerprint density at radius 2 is 1.85 bits per heavy atom. The van der Waals surface area contributed by atoms with Crippen LogP contribution in [0, 0.1) is 0 Å². The Balaban J connectivity index is 0.00000163. The van der Waals surface area contributed by atoms with Crippen molar-refractivity contribution in [3.63, 3.8) is 0 Å². The molecule has 0 aromatic heterocycles. The number of aromatic hydroxyl groups is 3. The average molecular weight is 363 g/mol. The minimum absolute atomic E-state index is 0.0878. The molecule has 0 amide bonds. The van der Waals surface area contributed by atoms with Crippen molar-refractivity contribution in [2.75, 3.05) is 0 Å². The molecular weight excluding hydrogens is 328 g/mol. The molecule has 0 fully saturated rings. The second-order valence-electron chi connectivity index (χ2n) is 6.52. The van der Waals surface area contributed by atoms with Gasteiger partial charge in [0.2, 0.25) is 0 Å². The summed E-state index contributed by atoms with van der Waals surface area (Å²) in [5.41, 5.74) is 2.03. The van der Waals surface area contributed by atoms with Crippen LogP contribution in [0.1, 0.15) is 83.3 Å². The van der Waals surface area contributed by atoms with E-state index in [1.807, 2.05) is 13.8 Å². The topological polar surface area (TPSA) is 69.9 Å². The van der Waals surface area contributed by atoms with Crippen LogP contribution in [0.4, 0.5) is 0 Å². The van der Waals surface area contributed by atoms with Crippen molar-refractivity contribution in [3.8, 4) is 23.0 Å². The third-order valence-electron chi connectivity index (χ3n) is 4.69. The Kier molecular flexibility index (Phi) is 9.11. The fraction of sp³-hybridized carbons (Fsp3) is 0.545. The smallest absolute Gasteiger partial charge is 0.176 e. The lowest BCUT2D eigenvalue weighted by Gasteiger charge is -2.25. The molecular formula is C22H34O4. The summed E-state index contributed by atoms with van der Waals surface area (Å²) in [5, 5.41) is 31.7. The molecule has 4 heteroatoms. The average Bonchev–Trinajstić information content (AvgIpc) is 2.64. The lowest BCUT2D eigenvalue weighted by molar-refractivity contribution is 0.358. The van der Waals surface area contributed by atoms with E-state index in [1.54, 1.807) is 0 Å². The van der Waals surface area contributed by atoms with E-state index >= 15 is 0 Å². The van der Waals surface area contributed by atoms with Crippen molar-refractivity contribution in [3.05, 3.63) is 35.6 Å². The van der Waals surface area contributed by atoms with Gasteiger partial charge in [-0.2, -0.15) is 0 Å². The number of phenolic OH excluding ortho intramolecular Hbond substituents is 3. The molecule has 4 nitrogen and oxygen atoms in total. The van der Waals surface area contributed by atoms with Crippen LogP contribution in [-0.4, -0.2) is 15.3 Å². The zero-order valence-electron chi connectivity index (χ0n) is 16.6. The number of hydrogen-bond acceptors (Lipinski definition) is 4. The zero-order chi connectivity index (χ0) is 19.7. The zero-order valence-corrected chi connectivity index (χ0v) is 16.6. The first-order chi connectivity index (χ1) is 12.5. The molecule has 1 unspecified atom stereocenters. The van der Waals surface area contributed by atoms with Gasteiger partial charge in [0.05, 0.1) is 11.8 Å². The second kappa shape index (κ2) is 10.8. The molecule has 0 aliphatic heterocycles. The van der Waals surface area contributed by atoms with E-state index in [2.05, 4.69) is 26.5 Å². The van der Waals surface area contributed by atoms with Gasteiger partial charge < -0.3 is 20.1 Å². The van der Waals surface area contributed by atoms with Crippen molar-refractivity contribution in [1.82, 2.24) is 0 Å². The summed E-state index contributed by atoms with van der Waals surface area (Å²) >= 11 is 0. The van der Waals surface area contributed by atoms with E-state index in [0.717, 1.165) is 38.5 Å². The van der Waals surface area contributed by atoms with Gasteiger partial charge in [0.1, 0.15) is 0 Å². The Bertz CT molecular complexity index is 632. The molecule has 146 valence electrons.